The van der Waals surface area contributed by atoms with Crippen molar-refractivity contribution in [2.45, 2.75) is 38.3 Å². The fraction of sp³-hybridized carbons (Fsp3) is 0.583. The standard InChI is InChI=1S/C12H20N4/c1-16(11-4-2-3-5-11)9-10-6-7-14-12(8-10)15-13/h6-8,11H,2-5,9,13H2,1H3,(H,14,15). The number of hydrazine groups is 1. The van der Waals surface area contributed by atoms with Gasteiger partial charge < -0.3 is 5.43 Å². The molecule has 0 saturated heterocycles. The minimum atomic E-state index is 0.734. The van der Waals surface area contributed by atoms with Gasteiger partial charge in [0.1, 0.15) is 5.82 Å². The van der Waals surface area contributed by atoms with Gasteiger partial charge in [0.05, 0.1) is 0 Å². The van der Waals surface area contributed by atoms with Gasteiger partial charge in [0.25, 0.3) is 0 Å². The highest BCUT2D eigenvalue weighted by Gasteiger charge is 2.19. The Balaban J connectivity index is 1.96. The monoisotopic (exact) mass is 220 g/mol. The van der Waals surface area contributed by atoms with Crippen molar-refractivity contribution < 1.29 is 0 Å². The zero-order valence-corrected chi connectivity index (χ0v) is 9.82. The maximum absolute atomic E-state index is 5.35. The summed E-state index contributed by atoms with van der Waals surface area (Å²) in [5, 5.41) is 0. The van der Waals surface area contributed by atoms with Crippen LogP contribution in [-0.2, 0) is 6.54 Å². The summed E-state index contributed by atoms with van der Waals surface area (Å²) in [5.74, 6) is 6.08. The smallest absolute Gasteiger partial charge is 0.140 e. The summed E-state index contributed by atoms with van der Waals surface area (Å²) in [5.41, 5.74) is 3.84. The molecular weight excluding hydrogens is 200 g/mol. The molecule has 1 aliphatic carbocycles. The van der Waals surface area contributed by atoms with E-state index in [9.17, 15) is 0 Å². The van der Waals surface area contributed by atoms with Gasteiger partial charge in [-0.25, -0.2) is 10.8 Å². The molecule has 0 amide bonds. The van der Waals surface area contributed by atoms with Crippen LogP contribution in [-0.4, -0.2) is 23.0 Å². The number of hydrogen-bond donors (Lipinski definition) is 2. The summed E-state index contributed by atoms with van der Waals surface area (Å²) in [4.78, 5) is 6.54. The van der Waals surface area contributed by atoms with E-state index in [0.29, 0.717) is 0 Å². The number of pyridine rings is 1. The number of nitrogens with two attached hydrogens (primary N) is 1. The molecule has 2 rings (SSSR count). The van der Waals surface area contributed by atoms with E-state index in [-0.39, 0.29) is 0 Å². The lowest BCUT2D eigenvalue weighted by Crippen LogP contribution is -2.28. The van der Waals surface area contributed by atoms with E-state index < -0.39 is 0 Å². The molecule has 1 aromatic heterocycles. The van der Waals surface area contributed by atoms with Gasteiger partial charge >= 0.3 is 0 Å². The molecular formula is C12H20N4. The summed E-state index contributed by atoms with van der Waals surface area (Å²) < 4.78 is 0. The molecule has 0 unspecified atom stereocenters. The van der Waals surface area contributed by atoms with E-state index in [2.05, 4.69) is 22.4 Å². The maximum Gasteiger partial charge on any atom is 0.140 e. The lowest BCUT2D eigenvalue weighted by atomic mass is 10.2. The summed E-state index contributed by atoms with van der Waals surface area (Å²) in [6.45, 7) is 0.974. The molecule has 0 spiro atoms. The van der Waals surface area contributed by atoms with Crippen molar-refractivity contribution in [3.63, 3.8) is 0 Å². The molecule has 4 heteroatoms. The van der Waals surface area contributed by atoms with Gasteiger partial charge in [0.15, 0.2) is 0 Å². The van der Waals surface area contributed by atoms with E-state index >= 15 is 0 Å². The number of nitrogens with zero attached hydrogens (tertiary/aromatic N) is 2. The van der Waals surface area contributed by atoms with Crippen molar-refractivity contribution in [3.8, 4) is 0 Å². The lowest BCUT2D eigenvalue weighted by Gasteiger charge is -2.24. The zero-order chi connectivity index (χ0) is 11.4. The quantitative estimate of drug-likeness (QED) is 0.599. The molecule has 88 valence electrons. The number of anilines is 1. The molecule has 1 saturated carbocycles. The van der Waals surface area contributed by atoms with E-state index in [4.69, 9.17) is 5.84 Å². The minimum Gasteiger partial charge on any atom is -0.308 e. The van der Waals surface area contributed by atoms with Crippen molar-refractivity contribution in [2.75, 3.05) is 12.5 Å². The van der Waals surface area contributed by atoms with Crippen molar-refractivity contribution >= 4 is 5.82 Å². The van der Waals surface area contributed by atoms with Crippen LogP contribution in [0.5, 0.6) is 0 Å². The molecule has 4 nitrogen and oxygen atoms in total. The maximum atomic E-state index is 5.35. The van der Waals surface area contributed by atoms with Crippen molar-refractivity contribution in [2.24, 2.45) is 5.84 Å². The van der Waals surface area contributed by atoms with Gasteiger partial charge in [0, 0.05) is 18.8 Å². The molecule has 1 aliphatic rings. The molecule has 0 atom stereocenters. The van der Waals surface area contributed by atoms with Gasteiger partial charge in [-0.3, -0.25) is 4.90 Å². The summed E-state index contributed by atoms with van der Waals surface area (Å²) in [6.07, 6.45) is 7.22. The van der Waals surface area contributed by atoms with Crippen molar-refractivity contribution in [1.29, 1.82) is 0 Å². The Morgan fingerprint density at radius 3 is 2.94 bits per heavy atom. The van der Waals surface area contributed by atoms with Gasteiger partial charge in [-0.2, -0.15) is 0 Å². The van der Waals surface area contributed by atoms with Crippen LogP contribution >= 0.6 is 0 Å². The van der Waals surface area contributed by atoms with Crippen LogP contribution in [0.4, 0.5) is 5.82 Å². The molecule has 0 radical (unpaired) electrons. The van der Waals surface area contributed by atoms with Crippen molar-refractivity contribution in [1.82, 2.24) is 9.88 Å². The highest BCUT2D eigenvalue weighted by Crippen LogP contribution is 2.23. The fourth-order valence-corrected chi connectivity index (χ4v) is 2.41. The summed E-state index contributed by atoms with van der Waals surface area (Å²) in [6, 6.07) is 4.81. The van der Waals surface area contributed by atoms with Crippen LogP contribution in [0.25, 0.3) is 0 Å². The molecule has 1 aromatic rings. The van der Waals surface area contributed by atoms with Gasteiger partial charge in [-0.15, -0.1) is 0 Å². The van der Waals surface area contributed by atoms with Crippen LogP contribution in [0, 0.1) is 0 Å². The fourth-order valence-electron chi connectivity index (χ4n) is 2.41. The van der Waals surface area contributed by atoms with Crippen LogP contribution in [0.15, 0.2) is 18.3 Å². The third-order valence-corrected chi connectivity index (χ3v) is 3.35. The zero-order valence-electron chi connectivity index (χ0n) is 9.82. The molecule has 1 heterocycles. The number of rotatable bonds is 4. The molecule has 0 aromatic carbocycles. The first-order valence-electron chi connectivity index (χ1n) is 5.91. The Kier molecular flexibility index (Phi) is 3.74. The highest BCUT2D eigenvalue weighted by molar-refractivity contribution is 5.35. The van der Waals surface area contributed by atoms with Gasteiger partial charge in [0.2, 0.25) is 0 Å². The second kappa shape index (κ2) is 5.27. The first-order chi connectivity index (χ1) is 7.79. The number of aromatic nitrogens is 1. The molecule has 1 fully saturated rings. The van der Waals surface area contributed by atoms with E-state index in [1.807, 2.05) is 12.1 Å². The predicted octanol–water partition coefficient (Wildman–Crippen LogP) is 1.74. The first kappa shape index (κ1) is 11.4. The third kappa shape index (κ3) is 2.71. The average molecular weight is 220 g/mol. The van der Waals surface area contributed by atoms with E-state index in [1.54, 1.807) is 6.20 Å². The van der Waals surface area contributed by atoms with Gasteiger partial charge in [-0.05, 0) is 37.6 Å². The SMILES string of the molecule is CN(Cc1ccnc(NN)c1)C1CCCC1. The minimum absolute atomic E-state index is 0.734. The largest absolute Gasteiger partial charge is 0.308 e. The highest BCUT2D eigenvalue weighted by atomic mass is 15.2. The Hall–Kier alpha value is -1.13. The second-order valence-electron chi connectivity index (χ2n) is 4.55. The van der Waals surface area contributed by atoms with Crippen LogP contribution in [0.2, 0.25) is 0 Å². The Labute approximate surface area is 96.8 Å². The number of hydrogen-bond acceptors (Lipinski definition) is 4. The van der Waals surface area contributed by atoms with E-state index in [0.717, 1.165) is 18.4 Å². The van der Waals surface area contributed by atoms with E-state index in [1.165, 1.54) is 31.2 Å². The molecule has 0 bridgehead atoms. The Morgan fingerprint density at radius 1 is 1.50 bits per heavy atom. The summed E-state index contributed by atoms with van der Waals surface area (Å²) in [7, 11) is 2.20. The predicted molar refractivity (Wildman–Crippen MR) is 65.8 cm³/mol. The van der Waals surface area contributed by atoms with Crippen LogP contribution < -0.4 is 11.3 Å². The number of nitrogen functional groups attached to an aromatic ring is 1. The topological polar surface area (TPSA) is 54.2 Å². The van der Waals surface area contributed by atoms with Gasteiger partial charge in [-0.1, -0.05) is 12.8 Å². The normalized spacial score (nSPS) is 16.9. The number of nitrogens with one attached hydrogen (secondary N) is 1. The van der Waals surface area contributed by atoms with Crippen LogP contribution in [0.3, 0.4) is 0 Å². The molecule has 0 aliphatic heterocycles. The van der Waals surface area contributed by atoms with Crippen LogP contribution in [0.1, 0.15) is 31.2 Å². The molecule has 3 N–H and O–H groups in total. The lowest BCUT2D eigenvalue weighted by molar-refractivity contribution is 0.237. The van der Waals surface area contributed by atoms with Crippen molar-refractivity contribution in [3.05, 3.63) is 23.9 Å². The summed E-state index contributed by atoms with van der Waals surface area (Å²) >= 11 is 0. The molecule has 16 heavy (non-hydrogen) atoms. The first-order valence-corrected chi connectivity index (χ1v) is 5.91. The Bertz CT molecular complexity index is 334. The Morgan fingerprint density at radius 2 is 2.25 bits per heavy atom. The second-order valence-corrected chi connectivity index (χ2v) is 4.55. The third-order valence-electron chi connectivity index (χ3n) is 3.35. The average Bonchev–Trinajstić information content (AvgIpc) is 2.83.